The van der Waals surface area contributed by atoms with Gasteiger partial charge in [-0.15, -0.1) is 0 Å². The molecule has 2 aromatic rings. The summed E-state index contributed by atoms with van der Waals surface area (Å²) >= 11 is 0. The van der Waals surface area contributed by atoms with Crippen molar-refractivity contribution in [3.63, 3.8) is 0 Å². The second kappa shape index (κ2) is 10.4. The molecule has 162 valence electrons. The highest BCUT2D eigenvalue weighted by Crippen LogP contribution is 2.28. The van der Waals surface area contributed by atoms with Gasteiger partial charge in [0.25, 0.3) is 0 Å². The summed E-state index contributed by atoms with van der Waals surface area (Å²) in [5.74, 6) is -0.889. The molecule has 2 aromatic carbocycles. The first kappa shape index (κ1) is 23.6. The first-order valence-corrected chi connectivity index (χ1v) is 11.4. The van der Waals surface area contributed by atoms with Crippen LogP contribution in [0.3, 0.4) is 0 Å². The fourth-order valence-corrected chi connectivity index (χ4v) is 4.48. The maximum absolute atomic E-state index is 12.6. The molecule has 0 aliphatic carbocycles. The number of Topliss-reactive ketones (excluding diaryl/α,β-unsaturated/α-hetero) is 1. The summed E-state index contributed by atoms with van der Waals surface area (Å²) in [7, 11) is -3.73. The van der Waals surface area contributed by atoms with E-state index >= 15 is 0 Å². The van der Waals surface area contributed by atoms with Crippen LogP contribution in [0.5, 0.6) is 5.75 Å². The third-order valence-electron chi connectivity index (χ3n) is 4.85. The quantitative estimate of drug-likeness (QED) is 0.441. The van der Waals surface area contributed by atoms with Crippen LogP contribution in [-0.2, 0) is 21.2 Å². The number of ketones is 1. The Kier molecular flexibility index (Phi) is 8.14. The van der Waals surface area contributed by atoms with Crippen LogP contribution in [0.4, 0.5) is 5.69 Å². The molecular weight excluding hydrogens is 404 g/mol. The van der Waals surface area contributed by atoms with E-state index in [-0.39, 0.29) is 35.0 Å². The number of amides is 1. The zero-order chi connectivity index (χ0) is 22.3. The molecule has 0 radical (unpaired) electrons. The lowest BCUT2D eigenvalue weighted by molar-refractivity contribution is -0.116. The van der Waals surface area contributed by atoms with Crippen molar-refractivity contribution in [3.8, 4) is 5.75 Å². The number of benzene rings is 2. The molecule has 0 unspecified atom stereocenters. The van der Waals surface area contributed by atoms with Crippen LogP contribution in [0.25, 0.3) is 0 Å². The van der Waals surface area contributed by atoms with E-state index in [9.17, 15) is 23.1 Å². The smallest absolute Gasteiger partial charge is 0.243 e. The summed E-state index contributed by atoms with van der Waals surface area (Å²) in [4.78, 5) is 24.5. The van der Waals surface area contributed by atoms with Crippen LogP contribution >= 0.6 is 0 Å². The van der Waals surface area contributed by atoms with Crippen molar-refractivity contribution in [2.75, 3.05) is 18.4 Å². The lowest BCUT2D eigenvalue weighted by Gasteiger charge is -2.19. The van der Waals surface area contributed by atoms with Crippen molar-refractivity contribution in [3.05, 3.63) is 53.6 Å². The molecule has 2 rings (SSSR count). The van der Waals surface area contributed by atoms with Gasteiger partial charge < -0.3 is 10.4 Å². The number of rotatable bonds is 10. The number of aryl methyl sites for hydroxylation is 1. The van der Waals surface area contributed by atoms with Crippen molar-refractivity contribution in [1.82, 2.24) is 4.31 Å². The van der Waals surface area contributed by atoms with E-state index in [1.165, 1.54) is 22.5 Å². The van der Waals surface area contributed by atoms with Gasteiger partial charge in [0.1, 0.15) is 5.75 Å². The molecule has 7 nitrogen and oxygen atoms in total. The standard InChI is InChI=1S/C22H28N2O5S/c1-4-16-7-9-17(10-8-16)20(25)13-14-22(27)23-19-15-18(11-12-21(19)26)30(28,29)24(5-2)6-3/h7-12,15,26H,4-6,13-14H2,1-3H3,(H,23,27). The number of nitrogens with zero attached hydrogens (tertiary/aromatic N) is 1. The Morgan fingerprint density at radius 1 is 0.967 bits per heavy atom. The fourth-order valence-electron chi connectivity index (χ4n) is 3.00. The Bertz CT molecular complexity index is 997. The highest BCUT2D eigenvalue weighted by molar-refractivity contribution is 7.89. The van der Waals surface area contributed by atoms with Crippen LogP contribution in [0.2, 0.25) is 0 Å². The first-order chi connectivity index (χ1) is 14.2. The number of phenols is 1. The molecular formula is C22H28N2O5S. The third kappa shape index (κ3) is 5.67. The van der Waals surface area contributed by atoms with E-state index in [4.69, 9.17) is 0 Å². The minimum Gasteiger partial charge on any atom is -0.506 e. The highest BCUT2D eigenvalue weighted by atomic mass is 32.2. The summed E-state index contributed by atoms with van der Waals surface area (Å²) in [5.41, 5.74) is 1.66. The Labute approximate surface area is 177 Å². The van der Waals surface area contributed by atoms with Gasteiger partial charge in [-0.1, -0.05) is 45.0 Å². The summed E-state index contributed by atoms with van der Waals surface area (Å²) in [6, 6.07) is 11.0. The molecule has 1 amide bonds. The minimum atomic E-state index is -3.73. The van der Waals surface area contributed by atoms with Gasteiger partial charge in [-0.25, -0.2) is 8.42 Å². The van der Waals surface area contributed by atoms with E-state index in [2.05, 4.69) is 5.32 Å². The van der Waals surface area contributed by atoms with E-state index in [0.29, 0.717) is 18.7 Å². The third-order valence-corrected chi connectivity index (χ3v) is 6.89. The molecule has 0 fully saturated rings. The number of hydrogen-bond acceptors (Lipinski definition) is 5. The number of aromatic hydroxyl groups is 1. The van der Waals surface area contributed by atoms with Gasteiger partial charge in [0.05, 0.1) is 10.6 Å². The molecule has 0 bridgehead atoms. The predicted octanol–water partition coefficient (Wildman–Crippen LogP) is 3.59. The SMILES string of the molecule is CCc1ccc(C(=O)CCC(=O)Nc2cc(S(=O)(=O)N(CC)CC)ccc2O)cc1. The number of carbonyl (C=O) groups excluding carboxylic acids is 2. The number of nitrogens with one attached hydrogen (secondary N) is 1. The van der Waals surface area contributed by atoms with E-state index in [1.807, 2.05) is 19.1 Å². The van der Waals surface area contributed by atoms with E-state index in [1.54, 1.807) is 26.0 Å². The second-order valence-corrected chi connectivity index (χ2v) is 8.73. The number of carbonyl (C=O) groups is 2. The summed E-state index contributed by atoms with van der Waals surface area (Å²) < 4.78 is 26.6. The van der Waals surface area contributed by atoms with Crippen LogP contribution in [-0.4, -0.2) is 42.6 Å². The summed E-state index contributed by atoms with van der Waals surface area (Å²) in [6.07, 6.45) is 0.805. The van der Waals surface area contributed by atoms with E-state index < -0.39 is 15.9 Å². The van der Waals surface area contributed by atoms with Gasteiger partial charge in [0.2, 0.25) is 15.9 Å². The number of phenolic OH excluding ortho intramolecular Hbond substituents is 1. The van der Waals surface area contributed by atoms with Crippen molar-refractivity contribution < 1.29 is 23.1 Å². The minimum absolute atomic E-state index is 0.00650. The van der Waals surface area contributed by atoms with Crippen molar-refractivity contribution in [1.29, 1.82) is 0 Å². The predicted molar refractivity (Wildman–Crippen MR) is 116 cm³/mol. The van der Waals surface area contributed by atoms with Gasteiger partial charge in [-0.2, -0.15) is 4.31 Å². The second-order valence-electron chi connectivity index (χ2n) is 6.79. The molecule has 8 heteroatoms. The molecule has 0 saturated carbocycles. The van der Waals surface area contributed by atoms with Crippen LogP contribution < -0.4 is 5.32 Å². The van der Waals surface area contributed by atoms with Gasteiger partial charge in [-0.05, 0) is 30.2 Å². The van der Waals surface area contributed by atoms with Crippen LogP contribution in [0.15, 0.2) is 47.4 Å². The molecule has 0 spiro atoms. The lowest BCUT2D eigenvalue weighted by atomic mass is 10.0. The van der Waals surface area contributed by atoms with Crippen LogP contribution in [0, 0.1) is 0 Å². The normalized spacial score (nSPS) is 11.5. The topological polar surface area (TPSA) is 104 Å². The molecule has 0 aromatic heterocycles. The molecule has 0 heterocycles. The van der Waals surface area contributed by atoms with E-state index in [0.717, 1.165) is 12.0 Å². The molecule has 0 aliphatic heterocycles. The zero-order valence-corrected chi connectivity index (χ0v) is 18.3. The number of anilines is 1. The molecule has 0 saturated heterocycles. The van der Waals surface area contributed by atoms with Crippen molar-refractivity contribution in [2.45, 2.75) is 44.9 Å². The average molecular weight is 433 g/mol. The van der Waals surface area contributed by atoms with Crippen molar-refractivity contribution in [2.24, 2.45) is 0 Å². The largest absolute Gasteiger partial charge is 0.506 e. The molecule has 30 heavy (non-hydrogen) atoms. The van der Waals surface area contributed by atoms with Gasteiger partial charge in [0.15, 0.2) is 5.78 Å². The van der Waals surface area contributed by atoms with Gasteiger partial charge >= 0.3 is 0 Å². The Morgan fingerprint density at radius 3 is 2.17 bits per heavy atom. The van der Waals surface area contributed by atoms with Crippen LogP contribution in [0.1, 0.15) is 49.5 Å². The number of hydrogen-bond donors (Lipinski definition) is 2. The maximum atomic E-state index is 12.6. The lowest BCUT2D eigenvalue weighted by Crippen LogP contribution is -2.30. The first-order valence-electron chi connectivity index (χ1n) is 9.98. The molecule has 2 N–H and O–H groups in total. The monoisotopic (exact) mass is 432 g/mol. The van der Waals surface area contributed by atoms with Gasteiger partial charge in [-0.3, -0.25) is 9.59 Å². The Hall–Kier alpha value is -2.71. The average Bonchev–Trinajstić information content (AvgIpc) is 2.74. The molecule has 0 aliphatic rings. The zero-order valence-electron chi connectivity index (χ0n) is 17.5. The Balaban J connectivity index is 2.06. The highest BCUT2D eigenvalue weighted by Gasteiger charge is 2.23. The molecule has 0 atom stereocenters. The maximum Gasteiger partial charge on any atom is 0.243 e. The fraction of sp³-hybridized carbons (Fsp3) is 0.364. The Morgan fingerprint density at radius 2 is 1.60 bits per heavy atom. The van der Waals surface area contributed by atoms with Crippen molar-refractivity contribution >= 4 is 27.4 Å². The summed E-state index contributed by atoms with van der Waals surface area (Å²) in [6.45, 7) is 6.11. The number of sulfonamides is 1. The summed E-state index contributed by atoms with van der Waals surface area (Å²) in [5, 5.41) is 12.5. The van der Waals surface area contributed by atoms with Gasteiger partial charge in [0, 0.05) is 31.5 Å².